The van der Waals surface area contributed by atoms with E-state index in [2.05, 4.69) is 34.3 Å². The molecule has 1 aromatic heterocycles. The van der Waals surface area contributed by atoms with Gasteiger partial charge in [0.05, 0.1) is 24.7 Å². The van der Waals surface area contributed by atoms with Crippen LogP contribution in [0.2, 0.25) is 0 Å². The van der Waals surface area contributed by atoms with E-state index in [0.29, 0.717) is 29.3 Å². The van der Waals surface area contributed by atoms with E-state index in [1.165, 1.54) is 38.4 Å². The van der Waals surface area contributed by atoms with Crippen molar-refractivity contribution in [3.63, 3.8) is 0 Å². The minimum Gasteiger partial charge on any atom is -0.465 e. The second-order valence-corrected chi connectivity index (χ2v) is 10.9. The van der Waals surface area contributed by atoms with Crippen LogP contribution < -0.4 is 0 Å². The third kappa shape index (κ3) is 4.05. The summed E-state index contributed by atoms with van der Waals surface area (Å²) >= 11 is 0. The van der Waals surface area contributed by atoms with Crippen molar-refractivity contribution in [2.75, 3.05) is 13.7 Å². The highest BCUT2D eigenvalue weighted by Gasteiger charge is 2.42. The molecule has 6 rings (SSSR count). The number of rotatable bonds is 6. The molecule has 1 amide bonds. The monoisotopic (exact) mass is 461 g/mol. The summed E-state index contributed by atoms with van der Waals surface area (Å²) in [6, 6.07) is 9.10. The Hall–Kier alpha value is -2.63. The van der Waals surface area contributed by atoms with Crippen molar-refractivity contribution < 1.29 is 14.3 Å². The van der Waals surface area contributed by atoms with Crippen molar-refractivity contribution in [2.45, 2.75) is 82.1 Å². The lowest BCUT2D eigenvalue weighted by Gasteiger charge is -2.34. The summed E-state index contributed by atoms with van der Waals surface area (Å²) in [5, 5.41) is 4.58. The number of aromatic nitrogens is 2. The molecule has 0 radical (unpaired) electrons. The third-order valence-electron chi connectivity index (χ3n) is 8.53. The molecule has 1 saturated heterocycles. The van der Waals surface area contributed by atoms with E-state index >= 15 is 0 Å². The van der Waals surface area contributed by atoms with Gasteiger partial charge in [-0.1, -0.05) is 18.6 Å². The molecule has 0 bridgehead atoms. The van der Waals surface area contributed by atoms with E-state index in [4.69, 9.17) is 4.74 Å². The maximum Gasteiger partial charge on any atom is 0.341 e. The molecule has 3 aliphatic carbocycles. The number of methoxy groups -OCH3 is 1. The molecule has 6 nitrogen and oxygen atoms in total. The summed E-state index contributed by atoms with van der Waals surface area (Å²) < 4.78 is 6.93. The van der Waals surface area contributed by atoms with Crippen LogP contribution in [0.3, 0.4) is 0 Å². The number of nitrogens with zero attached hydrogens (tertiary/aromatic N) is 3. The Bertz CT molecular complexity index is 1080. The van der Waals surface area contributed by atoms with Crippen LogP contribution in [-0.4, -0.2) is 46.3 Å². The van der Waals surface area contributed by atoms with Gasteiger partial charge in [-0.15, -0.1) is 0 Å². The van der Waals surface area contributed by atoms with Gasteiger partial charge in [0.1, 0.15) is 5.56 Å². The van der Waals surface area contributed by atoms with Gasteiger partial charge in [-0.2, -0.15) is 5.10 Å². The molecule has 180 valence electrons. The quantitative estimate of drug-likeness (QED) is 0.554. The fraction of sp³-hybridized carbons (Fsp3) is 0.607. The number of carbonyl (C=O) groups excluding carboxylic acids is 2. The molecule has 3 unspecified atom stereocenters. The number of carbonyl (C=O) groups is 2. The molecule has 4 aliphatic rings. The molecular weight excluding hydrogens is 426 g/mol. The summed E-state index contributed by atoms with van der Waals surface area (Å²) in [5.74, 6) is 1.79. The third-order valence-corrected chi connectivity index (χ3v) is 8.53. The summed E-state index contributed by atoms with van der Waals surface area (Å²) in [4.78, 5) is 28.0. The number of hydrogen-bond acceptors (Lipinski definition) is 4. The summed E-state index contributed by atoms with van der Waals surface area (Å²) in [6.07, 6.45) is 13.0. The van der Waals surface area contributed by atoms with Crippen LogP contribution in [0.4, 0.5) is 0 Å². The fourth-order valence-corrected chi connectivity index (χ4v) is 6.48. The van der Waals surface area contributed by atoms with Crippen molar-refractivity contribution >= 4 is 11.9 Å². The first-order chi connectivity index (χ1) is 16.6. The lowest BCUT2D eigenvalue weighted by molar-refractivity contribution is -0.138. The zero-order valence-electron chi connectivity index (χ0n) is 20.1. The smallest absolute Gasteiger partial charge is 0.341 e. The van der Waals surface area contributed by atoms with Crippen LogP contribution in [0, 0.1) is 11.8 Å². The Morgan fingerprint density at radius 3 is 2.62 bits per heavy atom. The van der Waals surface area contributed by atoms with Crippen molar-refractivity contribution in [3.05, 3.63) is 47.3 Å². The Labute approximate surface area is 201 Å². The Morgan fingerprint density at radius 2 is 1.85 bits per heavy atom. The first-order valence-corrected chi connectivity index (χ1v) is 13.2. The topological polar surface area (TPSA) is 64.4 Å². The number of amides is 1. The maximum atomic E-state index is 13.5. The van der Waals surface area contributed by atoms with E-state index in [-0.39, 0.29) is 11.9 Å². The molecule has 1 aromatic carbocycles. The number of ether oxygens (including phenoxy) is 1. The predicted molar refractivity (Wildman–Crippen MR) is 129 cm³/mol. The van der Waals surface area contributed by atoms with Crippen LogP contribution in [0.15, 0.2) is 30.5 Å². The summed E-state index contributed by atoms with van der Waals surface area (Å²) in [7, 11) is 1.42. The molecule has 4 fully saturated rings. The Morgan fingerprint density at radius 1 is 1.00 bits per heavy atom. The van der Waals surface area contributed by atoms with Crippen LogP contribution in [0.25, 0.3) is 5.69 Å². The van der Waals surface area contributed by atoms with Gasteiger partial charge in [-0.05, 0) is 87.3 Å². The van der Waals surface area contributed by atoms with Gasteiger partial charge in [0.25, 0.3) is 0 Å². The highest BCUT2D eigenvalue weighted by molar-refractivity contribution is 5.91. The number of likely N-dealkylation sites (tertiary alicyclic amines) is 1. The van der Waals surface area contributed by atoms with Crippen molar-refractivity contribution in [1.82, 2.24) is 14.7 Å². The van der Waals surface area contributed by atoms with Gasteiger partial charge in [-0.3, -0.25) is 4.79 Å². The number of hydrogen-bond donors (Lipinski definition) is 0. The van der Waals surface area contributed by atoms with Crippen LogP contribution >= 0.6 is 0 Å². The number of esters is 1. The molecule has 34 heavy (non-hydrogen) atoms. The summed E-state index contributed by atoms with van der Waals surface area (Å²) in [5.41, 5.74) is 3.83. The minimum absolute atomic E-state index is 0.152. The highest BCUT2D eigenvalue weighted by atomic mass is 16.5. The first kappa shape index (κ1) is 21.9. The summed E-state index contributed by atoms with van der Waals surface area (Å²) in [6.45, 7) is 0.961. The molecule has 2 heterocycles. The second-order valence-electron chi connectivity index (χ2n) is 10.9. The van der Waals surface area contributed by atoms with Crippen molar-refractivity contribution in [2.24, 2.45) is 11.8 Å². The van der Waals surface area contributed by atoms with E-state index in [1.807, 2.05) is 4.68 Å². The normalized spacial score (nSPS) is 27.1. The molecule has 6 heteroatoms. The van der Waals surface area contributed by atoms with Crippen molar-refractivity contribution in [3.8, 4) is 5.69 Å². The molecule has 3 atom stereocenters. The zero-order chi connectivity index (χ0) is 23.2. The van der Waals surface area contributed by atoms with Crippen LogP contribution in [-0.2, 0) is 9.53 Å². The average Bonchev–Trinajstić information content (AvgIpc) is 3.82. The lowest BCUT2D eigenvalue weighted by atomic mass is 9.77. The maximum absolute atomic E-state index is 13.5. The first-order valence-electron chi connectivity index (χ1n) is 13.2. The molecule has 1 aliphatic heterocycles. The van der Waals surface area contributed by atoms with Gasteiger partial charge in [0, 0.05) is 24.4 Å². The van der Waals surface area contributed by atoms with Crippen molar-refractivity contribution in [1.29, 1.82) is 0 Å². The lowest BCUT2D eigenvalue weighted by Crippen LogP contribution is -2.41. The fourth-order valence-electron chi connectivity index (χ4n) is 6.48. The van der Waals surface area contributed by atoms with Crippen LogP contribution in [0.1, 0.15) is 97.7 Å². The Kier molecular flexibility index (Phi) is 5.70. The average molecular weight is 462 g/mol. The molecule has 2 aromatic rings. The Balaban J connectivity index is 1.22. The molecular formula is C28H35N3O3. The van der Waals surface area contributed by atoms with E-state index in [9.17, 15) is 9.59 Å². The van der Waals surface area contributed by atoms with E-state index < -0.39 is 0 Å². The SMILES string of the molecule is COC(=O)c1cnn(-c2cccc(C3CCCC(C(=O)N4CCCC4C4CC4)C3)c2)c1C1CC1. The van der Waals surface area contributed by atoms with Gasteiger partial charge < -0.3 is 9.64 Å². The van der Waals surface area contributed by atoms with Gasteiger partial charge in [-0.25, -0.2) is 9.48 Å². The van der Waals surface area contributed by atoms with E-state index in [0.717, 1.165) is 62.4 Å². The predicted octanol–water partition coefficient (Wildman–Crippen LogP) is 5.21. The van der Waals surface area contributed by atoms with Gasteiger partial charge in [0.2, 0.25) is 5.91 Å². The standard InChI is InChI=1S/C28H35N3O3/c1-34-28(33)24-17-29-31(26(24)19-12-13-19)23-8-3-6-21(16-23)20-5-2-7-22(15-20)27(32)30-14-4-9-25(30)18-10-11-18/h3,6,8,16-20,22,25H,2,4-5,7,9-15H2,1H3. The molecule has 3 saturated carbocycles. The van der Waals surface area contributed by atoms with Gasteiger partial charge in [0.15, 0.2) is 0 Å². The number of benzene rings is 1. The minimum atomic E-state index is -0.315. The second kappa shape index (κ2) is 8.86. The zero-order valence-corrected chi connectivity index (χ0v) is 20.1. The highest BCUT2D eigenvalue weighted by Crippen LogP contribution is 2.44. The van der Waals surface area contributed by atoms with E-state index in [1.54, 1.807) is 6.20 Å². The largest absolute Gasteiger partial charge is 0.465 e. The van der Waals surface area contributed by atoms with Gasteiger partial charge >= 0.3 is 5.97 Å². The molecule has 0 spiro atoms. The molecule has 0 N–H and O–H groups in total. The van der Waals surface area contributed by atoms with Crippen LogP contribution in [0.5, 0.6) is 0 Å².